The average Bonchev–Trinajstić information content (AvgIpc) is 2.24. The lowest BCUT2D eigenvalue weighted by molar-refractivity contribution is -0.125. The Bertz CT molecular complexity index is 387. The molecule has 0 saturated carbocycles. The summed E-state index contributed by atoms with van der Waals surface area (Å²) in [7, 11) is 1.36. The van der Waals surface area contributed by atoms with Crippen LogP contribution in [0.25, 0.3) is 0 Å². The van der Waals surface area contributed by atoms with Gasteiger partial charge < -0.3 is 15.8 Å². The Balaban J connectivity index is 0.00000256. The van der Waals surface area contributed by atoms with E-state index < -0.39 is 17.8 Å². The first-order valence-corrected chi connectivity index (χ1v) is 4.95. The summed E-state index contributed by atoms with van der Waals surface area (Å²) in [6.07, 6.45) is -0.796. The van der Waals surface area contributed by atoms with Crippen molar-refractivity contribution >= 4 is 35.6 Å². The minimum absolute atomic E-state index is 0. The van der Waals surface area contributed by atoms with Crippen molar-refractivity contribution in [3.63, 3.8) is 0 Å². The van der Waals surface area contributed by atoms with Crippen molar-refractivity contribution < 1.29 is 13.9 Å². The zero-order valence-corrected chi connectivity index (χ0v) is 10.6. The molecule has 1 aromatic rings. The number of nitrogens with two attached hydrogens (primary N) is 1. The van der Waals surface area contributed by atoms with Crippen LogP contribution >= 0.6 is 24.0 Å². The summed E-state index contributed by atoms with van der Waals surface area (Å²) in [6, 6.07) is 3.96. The van der Waals surface area contributed by atoms with Crippen LogP contribution in [-0.4, -0.2) is 25.7 Å². The van der Waals surface area contributed by atoms with Gasteiger partial charge in [0.25, 0.3) is 5.91 Å². The van der Waals surface area contributed by atoms with E-state index in [9.17, 15) is 9.18 Å². The van der Waals surface area contributed by atoms with Gasteiger partial charge in [-0.3, -0.25) is 4.79 Å². The third kappa shape index (κ3) is 4.47. The van der Waals surface area contributed by atoms with Gasteiger partial charge in [-0.15, -0.1) is 12.4 Å². The standard InChI is InChI=1S/C10H12ClFN2O2.ClH/c1-16-9(5-13)10(15)14-8-3-2-6(11)4-7(8)12;/h2-4,9H,5,13H2,1H3,(H,14,15);1H. The van der Waals surface area contributed by atoms with E-state index in [4.69, 9.17) is 22.1 Å². The molecule has 0 heterocycles. The quantitative estimate of drug-likeness (QED) is 0.885. The Morgan fingerprint density at radius 3 is 2.76 bits per heavy atom. The highest BCUT2D eigenvalue weighted by molar-refractivity contribution is 6.30. The van der Waals surface area contributed by atoms with Gasteiger partial charge in [0, 0.05) is 18.7 Å². The van der Waals surface area contributed by atoms with Gasteiger partial charge in [-0.25, -0.2) is 4.39 Å². The van der Waals surface area contributed by atoms with Crippen LogP contribution in [0.15, 0.2) is 18.2 Å². The number of hydrogen-bond donors (Lipinski definition) is 2. The van der Waals surface area contributed by atoms with E-state index in [-0.39, 0.29) is 29.7 Å². The molecule has 0 aliphatic rings. The molecule has 1 rings (SSSR count). The maximum absolute atomic E-state index is 13.3. The van der Waals surface area contributed by atoms with E-state index in [0.717, 1.165) is 6.07 Å². The van der Waals surface area contributed by atoms with E-state index in [2.05, 4.69) is 5.32 Å². The highest BCUT2D eigenvalue weighted by Crippen LogP contribution is 2.18. The van der Waals surface area contributed by atoms with Crippen molar-refractivity contribution in [3.8, 4) is 0 Å². The number of halogens is 3. The Morgan fingerprint density at radius 2 is 2.29 bits per heavy atom. The normalized spacial score (nSPS) is 11.5. The lowest BCUT2D eigenvalue weighted by atomic mass is 10.2. The van der Waals surface area contributed by atoms with Gasteiger partial charge in [-0.2, -0.15) is 0 Å². The zero-order chi connectivity index (χ0) is 12.1. The second-order valence-electron chi connectivity index (χ2n) is 3.07. The predicted molar refractivity (Wildman–Crippen MR) is 67.1 cm³/mol. The smallest absolute Gasteiger partial charge is 0.254 e. The lowest BCUT2D eigenvalue weighted by Gasteiger charge is -2.13. The van der Waals surface area contributed by atoms with Gasteiger partial charge in [-0.05, 0) is 18.2 Å². The summed E-state index contributed by atoms with van der Waals surface area (Å²) in [5.41, 5.74) is 5.35. The lowest BCUT2D eigenvalue weighted by Crippen LogP contribution is -2.36. The van der Waals surface area contributed by atoms with Crippen LogP contribution in [0.4, 0.5) is 10.1 Å². The van der Waals surface area contributed by atoms with Crippen molar-refractivity contribution in [2.24, 2.45) is 5.73 Å². The van der Waals surface area contributed by atoms with Crippen molar-refractivity contribution in [3.05, 3.63) is 29.0 Å². The van der Waals surface area contributed by atoms with E-state index in [1.165, 1.54) is 19.2 Å². The summed E-state index contributed by atoms with van der Waals surface area (Å²) in [4.78, 5) is 11.5. The Morgan fingerprint density at radius 1 is 1.65 bits per heavy atom. The maximum Gasteiger partial charge on any atom is 0.254 e. The summed E-state index contributed by atoms with van der Waals surface area (Å²) < 4.78 is 18.1. The van der Waals surface area contributed by atoms with E-state index in [1.807, 2.05) is 0 Å². The second kappa shape index (κ2) is 7.45. The minimum Gasteiger partial charge on any atom is -0.370 e. The number of benzene rings is 1. The van der Waals surface area contributed by atoms with Gasteiger partial charge in [0.05, 0.1) is 5.69 Å². The summed E-state index contributed by atoms with van der Waals surface area (Å²) in [6.45, 7) is 0.0253. The summed E-state index contributed by atoms with van der Waals surface area (Å²) >= 11 is 5.57. The van der Waals surface area contributed by atoms with E-state index >= 15 is 0 Å². The van der Waals surface area contributed by atoms with Crippen LogP contribution in [0.1, 0.15) is 0 Å². The Kier molecular flexibility index (Phi) is 7.06. The Labute approximate surface area is 110 Å². The topological polar surface area (TPSA) is 64.3 Å². The molecule has 1 atom stereocenters. The molecule has 0 aliphatic carbocycles. The molecule has 1 unspecified atom stereocenters. The van der Waals surface area contributed by atoms with Gasteiger partial charge in [-0.1, -0.05) is 11.6 Å². The van der Waals surface area contributed by atoms with Crippen molar-refractivity contribution in [2.45, 2.75) is 6.10 Å². The molecule has 0 aliphatic heterocycles. The SMILES string of the molecule is COC(CN)C(=O)Nc1ccc(Cl)cc1F.Cl. The van der Waals surface area contributed by atoms with Crippen LogP contribution in [-0.2, 0) is 9.53 Å². The fourth-order valence-corrected chi connectivity index (χ4v) is 1.27. The van der Waals surface area contributed by atoms with Crippen LogP contribution < -0.4 is 11.1 Å². The third-order valence-electron chi connectivity index (χ3n) is 1.98. The van der Waals surface area contributed by atoms with Gasteiger partial charge in [0.1, 0.15) is 11.9 Å². The largest absolute Gasteiger partial charge is 0.370 e. The molecule has 0 saturated heterocycles. The zero-order valence-electron chi connectivity index (χ0n) is 9.07. The van der Waals surface area contributed by atoms with Crippen LogP contribution in [0.5, 0.6) is 0 Å². The molecular weight excluding hydrogens is 270 g/mol. The molecule has 17 heavy (non-hydrogen) atoms. The number of methoxy groups -OCH3 is 1. The van der Waals surface area contributed by atoms with Crippen molar-refractivity contribution in [2.75, 3.05) is 19.0 Å². The monoisotopic (exact) mass is 282 g/mol. The van der Waals surface area contributed by atoms with E-state index in [1.54, 1.807) is 0 Å². The number of nitrogens with one attached hydrogen (secondary N) is 1. The number of hydrogen-bond acceptors (Lipinski definition) is 3. The molecule has 96 valence electrons. The fourth-order valence-electron chi connectivity index (χ4n) is 1.11. The molecule has 0 fully saturated rings. The molecule has 0 aromatic heterocycles. The first kappa shape index (κ1) is 16.1. The molecule has 0 bridgehead atoms. The first-order valence-electron chi connectivity index (χ1n) is 4.57. The first-order chi connectivity index (χ1) is 7.58. The molecule has 1 amide bonds. The van der Waals surface area contributed by atoms with Crippen molar-refractivity contribution in [1.82, 2.24) is 0 Å². The van der Waals surface area contributed by atoms with Gasteiger partial charge in [0.15, 0.2) is 0 Å². The highest BCUT2D eigenvalue weighted by Gasteiger charge is 2.17. The molecule has 1 aromatic carbocycles. The number of ether oxygens (including phenoxy) is 1. The average molecular weight is 283 g/mol. The molecule has 4 nitrogen and oxygen atoms in total. The summed E-state index contributed by atoms with van der Waals surface area (Å²) in [5.74, 6) is -1.10. The molecule has 7 heteroatoms. The predicted octanol–water partition coefficient (Wildman–Crippen LogP) is 1.81. The molecule has 0 spiro atoms. The maximum atomic E-state index is 13.3. The number of anilines is 1. The summed E-state index contributed by atoms with van der Waals surface area (Å²) in [5, 5.41) is 2.62. The van der Waals surface area contributed by atoms with Gasteiger partial charge >= 0.3 is 0 Å². The van der Waals surface area contributed by atoms with Crippen LogP contribution in [0.3, 0.4) is 0 Å². The van der Waals surface area contributed by atoms with Crippen molar-refractivity contribution in [1.29, 1.82) is 0 Å². The minimum atomic E-state index is -0.796. The van der Waals surface area contributed by atoms with Crippen LogP contribution in [0, 0.1) is 5.82 Å². The van der Waals surface area contributed by atoms with Crippen LogP contribution in [0.2, 0.25) is 5.02 Å². The number of carbonyl (C=O) groups excluding carboxylic acids is 1. The third-order valence-corrected chi connectivity index (χ3v) is 2.22. The Hall–Kier alpha value is -0.880. The number of carbonyl (C=O) groups is 1. The second-order valence-corrected chi connectivity index (χ2v) is 3.51. The van der Waals surface area contributed by atoms with Gasteiger partial charge in [0.2, 0.25) is 0 Å². The fraction of sp³-hybridized carbons (Fsp3) is 0.300. The number of amides is 1. The molecule has 0 radical (unpaired) electrons. The molecular formula is C10H13Cl2FN2O2. The number of rotatable bonds is 4. The highest BCUT2D eigenvalue weighted by atomic mass is 35.5. The van der Waals surface area contributed by atoms with E-state index in [0.29, 0.717) is 0 Å². The molecule has 3 N–H and O–H groups in total.